The summed E-state index contributed by atoms with van der Waals surface area (Å²) in [6.45, 7) is 16.0. The van der Waals surface area contributed by atoms with E-state index in [1.165, 1.54) is 0 Å². The van der Waals surface area contributed by atoms with Gasteiger partial charge in [0.1, 0.15) is 12.8 Å². The SMILES string of the molecule is CC.CC.CC.CC.COc1ccc2c(c1)c[n+](C)c1cc(CC(N)=O)ccc21. The highest BCUT2D eigenvalue weighted by atomic mass is 16.5. The first-order chi connectivity index (χ1) is 14.1. The van der Waals surface area contributed by atoms with Crippen LogP contribution in [0.3, 0.4) is 0 Å². The molecule has 1 amide bonds. The monoisotopic (exact) mass is 401 g/mol. The van der Waals surface area contributed by atoms with Crippen LogP contribution in [0.4, 0.5) is 0 Å². The van der Waals surface area contributed by atoms with Crippen molar-refractivity contribution in [2.45, 2.75) is 61.8 Å². The minimum Gasteiger partial charge on any atom is -0.497 e. The highest BCUT2D eigenvalue weighted by Crippen LogP contribution is 2.26. The van der Waals surface area contributed by atoms with Gasteiger partial charge in [-0.05, 0) is 29.8 Å². The van der Waals surface area contributed by atoms with E-state index in [4.69, 9.17) is 10.5 Å². The third-order valence-electron chi connectivity index (χ3n) is 3.70. The Balaban J connectivity index is 0. The second kappa shape index (κ2) is 16.3. The van der Waals surface area contributed by atoms with Crippen LogP contribution in [0.5, 0.6) is 5.75 Å². The van der Waals surface area contributed by atoms with Crippen LogP contribution in [0.25, 0.3) is 21.7 Å². The minimum atomic E-state index is -0.317. The van der Waals surface area contributed by atoms with Crippen molar-refractivity contribution in [3.63, 3.8) is 0 Å². The fourth-order valence-corrected chi connectivity index (χ4v) is 2.71. The number of hydrogen-bond donors (Lipinski definition) is 1. The third-order valence-corrected chi connectivity index (χ3v) is 3.70. The Morgan fingerprint density at radius 1 is 0.897 bits per heavy atom. The fraction of sp³-hybridized carbons (Fsp3) is 0.440. The van der Waals surface area contributed by atoms with Crippen LogP contribution >= 0.6 is 0 Å². The van der Waals surface area contributed by atoms with Crippen molar-refractivity contribution in [1.82, 2.24) is 0 Å². The molecule has 0 aliphatic carbocycles. The summed E-state index contributed by atoms with van der Waals surface area (Å²) < 4.78 is 7.33. The van der Waals surface area contributed by atoms with E-state index in [1.807, 2.05) is 92.8 Å². The van der Waals surface area contributed by atoms with E-state index >= 15 is 0 Å². The first kappa shape index (κ1) is 28.6. The lowest BCUT2D eigenvalue weighted by molar-refractivity contribution is -0.643. The van der Waals surface area contributed by atoms with Crippen molar-refractivity contribution in [3.05, 3.63) is 48.2 Å². The summed E-state index contributed by atoms with van der Waals surface area (Å²) in [5.74, 6) is 0.523. The first-order valence-corrected chi connectivity index (χ1v) is 10.8. The van der Waals surface area contributed by atoms with Gasteiger partial charge in [0, 0.05) is 11.5 Å². The molecular weight excluding hydrogens is 360 g/mol. The number of carbonyl (C=O) groups is 1. The van der Waals surface area contributed by atoms with Gasteiger partial charge in [0.15, 0.2) is 6.20 Å². The van der Waals surface area contributed by atoms with Crippen molar-refractivity contribution in [3.8, 4) is 5.75 Å². The molecule has 4 heteroatoms. The Hall–Kier alpha value is -2.62. The number of hydrogen-bond acceptors (Lipinski definition) is 2. The summed E-state index contributed by atoms with van der Waals surface area (Å²) in [5, 5.41) is 3.42. The molecule has 2 aromatic carbocycles. The number of pyridine rings is 1. The molecule has 3 rings (SSSR count). The maximum atomic E-state index is 11.1. The molecule has 0 spiro atoms. The Kier molecular flexibility index (Phi) is 16.1. The number of carbonyl (C=O) groups excluding carboxylic acids is 1. The molecule has 0 aliphatic rings. The summed E-state index contributed by atoms with van der Waals surface area (Å²) in [6.07, 6.45) is 2.32. The minimum absolute atomic E-state index is 0.261. The van der Waals surface area contributed by atoms with Gasteiger partial charge >= 0.3 is 0 Å². The number of benzene rings is 2. The van der Waals surface area contributed by atoms with Crippen molar-refractivity contribution >= 4 is 27.6 Å². The quantitative estimate of drug-likeness (QED) is 0.435. The molecule has 1 aromatic heterocycles. The number of aryl methyl sites for hydroxylation is 1. The molecule has 0 saturated heterocycles. The first-order valence-electron chi connectivity index (χ1n) is 10.8. The molecule has 2 N–H and O–H groups in total. The second-order valence-corrected chi connectivity index (χ2v) is 5.19. The van der Waals surface area contributed by atoms with Crippen LogP contribution in [0, 0.1) is 0 Å². The molecule has 0 unspecified atom stereocenters. The van der Waals surface area contributed by atoms with Gasteiger partial charge in [-0.15, -0.1) is 0 Å². The maximum Gasteiger partial charge on any atom is 0.221 e. The molecular formula is C25H41N2O2+. The van der Waals surface area contributed by atoms with Gasteiger partial charge in [0.25, 0.3) is 0 Å². The zero-order valence-electron chi connectivity index (χ0n) is 20.1. The van der Waals surface area contributed by atoms with Gasteiger partial charge in [-0.2, -0.15) is 0 Å². The van der Waals surface area contributed by atoms with Crippen LogP contribution in [-0.4, -0.2) is 13.0 Å². The Bertz CT molecular complexity index is 858. The Labute approximate surface area is 177 Å². The van der Waals surface area contributed by atoms with Crippen molar-refractivity contribution in [1.29, 1.82) is 0 Å². The predicted octanol–water partition coefficient (Wildman–Crippen LogP) is 5.96. The van der Waals surface area contributed by atoms with Crippen LogP contribution in [0.1, 0.15) is 61.0 Å². The Morgan fingerprint density at radius 3 is 1.97 bits per heavy atom. The molecule has 29 heavy (non-hydrogen) atoms. The highest BCUT2D eigenvalue weighted by Gasteiger charge is 2.12. The number of aromatic nitrogens is 1. The van der Waals surface area contributed by atoms with Crippen molar-refractivity contribution < 1.29 is 14.1 Å². The molecule has 0 aliphatic heterocycles. The number of fused-ring (bicyclic) bond motifs is 3. The summed E-state index contributed by atoms with van der Waals surface area (Å²) in [7, 11) is 3.66. The van der Waals surface area contributed by atoms with Crippen molar-refractivity contribution in [2.24, 2.45) is 12.8 Å². The normalized spacial score (nSPS) is 8.76. The topological polar surface area (TPSA) is 56.2 Å². The van der Waals surface area contributed by atoms with Crippen LogP contribution in [-0.2, 0) is 18.3 Å². The van der Waals surface area contributed by atoms with Crippen LogP contribution in [0.15, 0.2) is 42.6 Å². The smallest absolute Gasteiger partial charge is 0.221 e. The third kappa shape index (κ3) is 8.10. The zero-order chi connectivity index (χ0) is 23.0. The number of nitrogens with zero attached hydrogens (tertiary/aromatic N) is 1. The lowest BCUT2D eigenvalue weighted by atomic mass is 10.0. The predicted molar refractivity (Wildman–Crippen MR) is 127 cm³/mol. The van der Waals surface area contributed by atoms with Gasteiger partial charge in [0.2, 0.25) is 11.4 Å². The standard InChI is InChI=1S/C17H16N2O2.4C2H6/c1-19-10-12-9-13(21-2)4-6-14(12)15-5-3-11(7-16(15)19)8-17(18)20;4*1-2/h3-7,9-10H,8H2,1-2H3,(H-,18,20);4*1-2H3/p+1. The van der Waals surface area contributed by atoms with E-state index < -0.39 is 0 Å². The molecule has 0 atom stereocenters. The van der Waals surface area contributed by atoms with Gasteiger partial charge < -0.3 is 10.5 Å². The summed E-state index contributed by atoms with van der Waals surface area (Å²) in [5.41, 5.74) is 7.27. The highest BCUT2D eigenvalue weighted by molar-refractivity contribution is 6.04. The lowest BCUT2D eigenvalue weighted by Crippen LogP contribution is -2.28. The fourth-order valence-electron chi connectivity index (χ4n) is 2.71. The average Bonchev–Trinajstić information content (AvgIpc) is 2.78. The number of ether oxygens (including phenoxy) is 1. The molecule has 0 fully saturated rings. The molecule has 4 nitrogen and oxygen atoms in total. The number of nitrogens with two attached hydrogens (primary N) is 1. The molecule has 3 aromatic rings. The van der Waals surface area contributed by atoms with Gasteiger partial charge in [-0.3, -0.25) is 4.79 Å². The van der Waals surface area contributed by atoms with E-state index in [2.05, 4.69) is 16.8 Å². The van der Waals surface area contributed by atoms with Crippen LogP contribution in [0.2, 0.25) is 0 Å². The summed E-state index contributed by atoms with van der Waals surface area (Å²) in [4.78, 5) is 11.1. The van der Waals surface area contributed by atoms with Gasteiger partial charge in [-0.25, -0.2) is 4.57 Å². The van der Waals surface area contributed by atoms with Gasteiger partial charge in [0.05, 0.1) is 24.3 Å². The molecule has 1 heterocycles. The van der Waals surface area contributed by atoms with Crippen LogP contribution < -0.4 is 15.0 Å². The molecule has 0 saturated carbocycles. The van der Waals surface area contributed by atoms with E-state index in [9.17, 15) is 4.79 Å². The number of methoxy groups -OCH3 is 1. The van der Waals surface area contributed by atoms with E-state index in [-0.39, 0.29) is 12.3 Å². The molecule has 0 bridgehead atoms. The second-order valence-electron chi connectivity index (χ2n) is 5.19. The number of primary amides is 1. The molecule has 0 radical (unpaired) electrons. The number of amides is 1. The van der Waals surface area contributed by atoms with E-state index in [0.717, 1.165) is 33.0 Å². The largest absolute Gasteiger partial charge is 0.497 e. The lowest BCUT2D eigenvalue weighted by Gasteiger charge is -2.06. The molecule has 162 valence electrons. The number of rotatable bonds is 3. The van der Waals surface area contributed by atoms with E-state index in [0.29, 0.717) is 0 Å². The Morgan fingerprint density at radius 2 is 1.45 bits per heavy atom. The van der Waals surface area contributed by atoms with E-state index in [1.54, 1.807) is 7.11 Å². The van der Waals surface area contributed by atoms with Crippen molar-refractivity contribution in [2.75, 3.05) is 7.11 Å². The van der Waals surface area contributed by atoms with Gasteiger partial charge in [-0.1, -0.05) is 61.5 Å². The average molecular weight is 402 g/mol. The summed E-state index contributed by atoms with van der Waals surface area (Å²) in [6, 6.07) is 12.1. The summed E-state index contributed by atoms with van der Waals surface area (Å²) >= 11 is 0. The maximum absolute atomic E-state index is 11.1. The zero-order valence-corrected chi connectivity index (χ0v) is 20.1.